The highest BCUT2D eigenvalue weighted by Gasteiger charge is 2.60. The molecule has 0 aromatic heterocycles. The lowest BCUT2D eigenvalue weighted by molar-refractivity contribution is -0.276. The van der Waals surface area contributed by atoms with Gasteiger partial charge in [0, 0.05) is 17.4 Å². The van der Waals surface area contributed by atoms with Crippen LogP contribution in [0.15, 0.2) is 17.1 Å². The Morgan fingerprint density at radius 1 is 1.12 bits per heavy atom. The maximum Gasteiger partial charge on any atom is 0.127 e. The van der Waals surface area contributed by atoms with E-state index < -0.39 is 5.60 Å². The number of aliphatic imine (C=N–C) groups is 1. The summed E-state index contributed by atoms with van der Waals surface area (Å²) >= 11 is 4.85. The van der Waals surface area contributed by atoms with E-state index >= 15 is 0 Å². The van der Waals surface area contributed by atoms with Crippen LogP contribution in [0.1, 0.15) is 82.3 Å². The van der Waals surface area contributed by atoms with E-state index in [1.807, 2.05) is 6.07 Å². The second-order valence-electron chi connectivity index (χ2n) is 11.8. The first kappa shape index (κ1) is 21.1. The molecule has 3 aliphatic heterocycles. The molecular formula is C26H33NO4S. The van der Waals surface area contributed by atoms with E-state index in [0.717, 1.165) is 55.4 Å². The molecule has 0 amide bonds. The highest BCUT2D eigenvalue weighted by atomic mass is 32.1. The maximum atomic E-state index is 11.3. The van der Waals surface area contributed by atoms with Crippen molar-refractivity contribution in [2.45, 2.75) is 94.0 Å². The molecule has 1 aromatic rings. The van der Waals surface area contributed by atoms with Gasteiger partial charge in [-0.05, 0) is 107 Å². The molecule has 7 rings (SSSR count). The minimum atomic E-state index is -0.399. The maximum absolute atomic E-state index is 11.3. The summed E-state index contributed by atoms with van der Waals surface area (Å²) in [5.74, 6) is 2.71. The first-order chi connectivity index (χ1) is 15.2. The number of phenolic OH excluding ortho intramolecular Hbond substituents is 1. The number of aliphatic hydroxyl groups is 1. The first-order valence-corrected chi connectivity index (χ1v) is 12.6. The lowest BCUT2D eigenvalue weighted by Crippen LogP contribution is -2.60. The fraction of sp³-hybridized carbons (Fsp3) is 0.731. The topological polar surface area (TPSA) is 71.3 Å². The largest absolute Gasteiger partial charge is 0.508 e. The smallest absolute Gasteiger partial charge is 0.127 e. The van der Waals surface area contributed by atoms with Crippen LogP contribution >= 0.6 is 12.2 Å². The molecule has 32 heavy (non-hydrogen) atoms. The number of aromatic hydroxyl groups is 1. The Morgan fingerprint density at radius 3 is 2.59 bits per heavy atom. The number of thiocarbonyl (C=S) groups is 1. The average Bonchev–Trinajstić information content (AvgIpc) is 2.70. The van der Waals surface area contributed by atoms with Crippen LogP contribution in [-0.2, 0) is 10.3 Å². The van der Waals surface area contributed by atoms with Gasteiger partial charge in [0.1, 0.15) is 17.1 Å². The molecule has 6 aliphatic rings. The number of phenols is 1. The van der Waals surface area contributed by atoms with Crippen LogP contribution < -0.4 is 4.74 Å². The number of hydrogen-bond acceptors (Lipinski definition) is 6. The lowest BCUT2D eigenvalue weighted by Gasteiger charge is -2.61. The van der Waals surface area contributed by atoms with E-state index in [-0.39, 0.29) is 23.2 Å². The van der Waals surface area contributed by atoms with Gasteiger partial charge in [-0.25, -0.2) is 4.99 Å². The van der Waals surface area contributed by atoms with Gasteiger partial charge in [-0.2, -0.15) is 0 Å². The van der Waals surface area contributed by atoms with Gasteiger partial charge in [-0.1, -0.05) is 0 Å². The summed E-state index contributed by atoms with van der Waals surface area (Å²) in [6.07, 6.45) is 7.38. The summed E-state index contributed by atoms with van der Waals surface area (Å²) < 4.78 is 13.5. The number of aliphatic hydroxyl groups excluding tert-OH is 1. The number of fused-ring (bicyclic) bond motifs is 3. The number of nitrogens with zero attached hydrogens (tertiary/aromatic N) is 1. The quantitative estimate of drug-likeness (QED) is 0.491. The number of isothiocyanates is 1. The third-order valence-electron chi connectivity index (χ3n) is 9.17. The summed E-state index contributed by atoms with van der Waals surface area (Å²) in [5.41, 5.74) is 0.913. The van der Waals surface area contributed by atoms with Crippen molar-refractivity contribution in [3.8, 4) is 11.5 Å². The van der Waals surface area contributed by atoms with E-state index in [2.05, 4.69) is 30.1 Å². The predicted molar refractivity (Wildman–Crippen MR) is 124 cm³/mol. The van der Waals surface area contributed by atoms with Crippen LogP contribution in [0.25, 0.3) is 0 Å². The molecule has 5 nitrogen and oxygen atoms in total. The molecule has 2 N–H and O–H groups in total. The molecule has 2 unspecified atom stereocenters. The molecule has 1 aromatic carbocycles. The van der Waals surface area contributed by atoms with Crippen molar-refractivity contribution in [3.63, 3.8) is 0 Å². The normalized spacial score (nSPS) is 43.0. The Balaban J connectivity index is 1.42. The molecule has 6 heteroatoms. The molecule has 5 fully saturated rings. The van der Waals surface area contributed by atoms with Crippen molar-refractivity contribution in [3.05, 3.63) is 23.3 Å². The van der Waals surface area contributed by atoms with Crippen LogP contribution in [0.4, 0.5) is 0 Å². The molecule has 172 valence electrons. The molecule has 0 radical (unpaired) electrons. The fourth-order valence-electron chi connectivity index (χ4n) is 8.30. The average molecular weight is 456 g/mol. The zero-order chi connectivity index (χ0) is 22.3. The van der Waals surface area contributed by atoms with Gasteiger partial charge in [0.25, 0.3) is 0 Å². The van der Waals surface area contributed by atoms with Crippen LogP contribution in [0.5, 0.6) is 11.5 Å². The van der Waals surface area contributed by atoms with E-state index in [0.29, 0.717) is 36.5 Å². The van der Waals surface area contributed by atoms with Crippen LogP contribution in [0.3, 0.4) is 0 Å². The van der Waals surface area contributed by atoms with E-state index in [4.69, 9.17) is 21.7 Å². The van der Waals surface area contributed by atoms with Gasteiger partial charge in [0.15, 0.2) is 0 Å². The third kappa shape index (κ3) is 3.10. The van der Waals surface area contributed by atoms with Crippen molar-refractivity contribution in [1.29, 1.82) is 0 Å². The number of rotatable bonds is 3. The highest BCUT2D eigenvalue weighted by Crippen LogP contribution is 2.63. The lowest BCUT2D eigenvalue weighted by atomic mass is 9.56. The van der Waals surface area contributed by atoms with Crippen LogP contribution in [0, 0.1) is 17.8 Å². The summed E-state index contributed by atoms with van der Waals surface area (Å²) in [4.78, 5) is 4.29. The van der Waals surface area contributed by atoms with Gasteiger partial charge in [-0.15, -0.1) is 0 Å². The summed E-state index contributed by atoms with van der Waals surface area (Å²) in [5, 5.41) is 24.2. The monoisotopic (exact) mass is 455 g/mol. The number of benzene rings is 1. The van der Waals surface area contributed by atoms with E-state index in [1.165, 1.54) is 6.42 Å². The standard InChI is InChI=1S/C26H33NO4S/c1-24(2)20-4-3-18(28)8-19(20)23-21(29)6-17(7-22(23)30-24)26-11-15-5-16(12-26)10-25(9-15,31-26)13-27-14-32/h6-7,15-16,18-20,28-29H,3-5,8-13H2,1-2H3/t15?,16?,18-,19-,20-,25?,26?/m1/s1. The van der Waals surface area contributed by atoms with Crippen molar-refractivity contribution < 1.29 is 19.7 Å². The van der Waals surface area contributed by atoms with Crippen molar-refractivity contribution in [1.82, 2.24) is 0 Å². The van der Waals surface area contributed by atoms with Gasteiger partial charge < -0.3 is 19.7 Å². The first-order valence-electron chi connectivity index (χ1n) is 12.2. The minimum Gasteiger partial charge on any atom is -0.508 e. The molecule has 5 atom stereocenters. The second kappa shape index (κ2) is 7.02. The van der Waals surface area contributed by atoms with Crippen molar-refractivity contribution >= 4 is 17.4 Å². The Hall–Kier alpha value is -1.46. The summed E-state index contributed by atoms with van der Waals surface area (Å²) in [6, 6.07) is 4.07. The molecule has 2 saturated heterocycles. The van der Waals surface area contributed by atoms with Gasteiger partial charge in [-0.3, -0.25) is 0 Å². The van der Waals surface area contributed by atoms with Crippen LogP contribution in [0.2, 0.25) is 0 Å². The predicted octanol–water partition coefficient (Wildman–Crippen LogP) is 5.09. The molecule has 3 saturated carbocycles. The Bertz CT molecular complexity index is 986. The summed E-state index contributed by atoms with van der Waals surface area (Å²) in [6.45, 7) is 4.87. The summed E-state index contributed by atoms with van der Waals surface area (Å²) in [7, 11) is 0. The number of hydrogen-bond donors (Lipinski definition) is 2. The minimum absolute atomic E-state index is 0.118. The Morgan fingerprint density at radius 2 is 1.88 bits per heavy atom. The Labute approximate surface area is 195 Å². The second-order valence-corrected chi connectivity index (χ2v) is 11.9. The molecule has 3 aliphatic carbocycles. The zero-order valence-corrected chi connectivity index (χ0v) is 19.8. The SMILES string of the molecule is CC1(C)Oc2cc(C34CC5CC(CC(CN=C=S)(C5)O3)C4)cc(O)c2[C@@H]2C[C@H](O)CC[C@H]21. The molecule has 0 spiro atoms. The van der Waals surface area contributed by atoms with E-state index in [1.54, 1.807) is 0 Å². The van der Waals surface area contributed by atoms with Gasteiger partial charge >= 0.3 is 0 Å². The Kier molecular flexibility index (Phi) is 4.63. The molecular weight excluding hydrogens is 422 g/mol. The fourth-order valence-corrected chi connectivity index (χ4v) is 8.37. The zero-order valence-electron chi connectivity index (χ0n) is 19.0. The van der Waals surface area contributed by atoms with E-state index in [9.17, 15) is 10.2 Å². The van der Waals surface area contributed by atoms with Gasteiger partial charge in [0.05, 0.1) is 29.0 Å². The molecule has 4 bridgehead atoms. The highest BCUT2D eigenvalue weighted by molar-refractivity contribution is 7.78. The van der Waals surface area contributed by atoms with Crippen molar-refractivity contribution in [2.75, 3.05) is 6.54 Å². The van der Waals surface area contributed by atoms with Crippen molar-refractivity contribution in [2.24, 2.45) is 22.7 Å². The van der Waals surface area contributed by atoms with Gasteiger partial charge in [0.2, 0.25) is 0 Å². The third-order valence-corrected chi connectivity index (χ3v) is 9.30. The molecule has 3 heterocycles. The van der Waals surface area contributed by atoms with Crippen LogP contribution in [-0.4, -0.2) is 39.2 Å². The number of ether oxygens (including phenoxy) is 2.